The molecule has 220 valence electrons. The Bertz CT molecular complexity index is 680. The Morgan fingerprint density at radius 3 is 1.47 bits per heavy atom. The summed E-state index contributed by atoms with van der Waals surface area (Å²) >= 11 is 0. The van der Waals surface area contributed by atoms with Crippen LogP contribution in [-0.2, 0) is 19.1 Å². The molecule has 0 aromatic rings. The molecule has 0 spiro atoms. The Kier molecular flexibility index (Phi) is 20.2. The number of esters is 2. The van der Waals surface area contributed by atoms with Crippen LogP contribution in [0.25, 0.3) is 0 Å². The fourth-order valence-electron chi connectivity index (χ4n) is 5.56. The van der Waals surface area contributed by atoms with E-state index in [4.69, 9.17) is 9.47 Å². The van der Waals surface area contributed by atoms with E-state index in [1.807, 2.05) is 19.1 Å². The predicted molar refractivity (Wildman–Crippen MR) is 160 cm³/mol. The number of hydrogen-bond donors (Lipinski definition) is 0. The third-order valence-electron chi connectivity index (χ3n) is 8.02. The molecule has 2 atom stereocenters. The van der Waals surface area contributed by atoms with Crippen LogP contribution in [0.1, 0.15) is 169 Å². The molecule has 2 unspecified atom stereocenters. The van der Waals surface area contributed by atoms with Crippen molar-refractivity contribution >= 4 is 11.9 Å². The monoisotopic (exact) mass is 532 g/mol. The number of unbranched alkanes of at least 4 members (excludes halogenated alkanes) is 16. The Balaban J connectivity index is 2.77. The van der Waals surface area contributed by atoms with Gasteiger partial charge in [0.1, 0.15) is 5.76 Å². The van der Waals surface area contributed by atoms with Crippen molar-refractivity contribution in [3.05, 3.63) is 24.0 Å². The molecule has 1 aliphatic rings. The van der Waals surface area contributed by atoms with Crippen molar-refractivity contribution in [2.45, 2.75) is 175 Å². The SMILES string of the molecule is CCCCCCCCCCCCC1(CCCCCCCCCC)C=CC=C(OC(=O)CC)C1OC(=O)CC. The zero-order valence-corrected chi connectivity index (χ0v) is 25.5. The molecule has 0 heterocycles. The number of ether oxygens (including phenoxy) is 2. The number of allylic oxidation sites excluding steroid dienone is 2. The van der Waals surface area contributed by atoms with Crippen molar-refractivity contribution in [3.63, 3.8) is 0 Å². The van der Waals surface area contributed by atoms with Gasteiger partial charge in [-0.3, -0.25) is 9.59 Å². The van der Waals surface area contributed by atoms with Crippen LogP contribution in [0.15, 0.2) is 24.0 Å². The molecule has 0 fully saturated rings. The van der Waals surface area contributed by atoms with E-state index in [9.17, 15) is 9.59 Å². The first kappa shape index (κ1) is 34.4. The molecule has 0 amide bonds. The van der Waals surface area contributed by atoms with Gasteiger partial charge in [-0.1, -0.05) is 155 Å². The molecular weight excluding hydrogens is 472 g/mol. The molecule has 38 heavy (non-hydrogen) atoms. The molecule has 0 N–H and O–H groups in total. The number of hydrogen-bond acceptors (Lipinski definition) is 4. The smallest absolute Gasteiger partial charge is 0.310 e. The summed E-state index contributed by atoms with van der Waals surface area (Å²) < 4.78 is 11.8. The van der Waals surface area contributed by atoms with Crippen molar-refractivity contribution in [1.29, 1.82) is 0 Å². The molecule has 0 aliphatic heterocycles. The van der Waals surface area contributed by atoms with Crippen LogP contribution in [0.5, 0.6) is 0 Å². The topological polar surface area (TPSA) is 52.6 Å². The second kappa shape index (κ2) is 22.3. The highest BCUT2D eigenvalue weighted by Crippen LogP contribution is 2.44. The van der Waals surface area contributed by atoms with Gasteiger partial charge in [0.25, 0.3) is 0 Å². The molecule has 1 aliphatic carbocycles. The molecule has 0 saturated carbocycles. The van der Waals surface area contributed by atoms with Gasteiger partial charge in [-0.05, 0) is 18.9 Å². The van der Waals surface area contributed by atoms with Gasteiger partial charge in [-0.25, -0.2) is 0 Å². The molecule has 0 radical (unpaired) electrons. The summed E-state index contributed by atoms with van der Waals surface area (Å²) in [5.74, 6) is 0.00364. The van der Waals surface area contributed by atoms with Gasteiger partial charge in [0.05, 0.1) is 0 Å². The highest BCUT2D eigenvalue weighted by atomic mass is 16.6. The zero-order chi connectivity index (χ0) is 27.9. The summed E-state index contributed by atoms with van der Waals surface area (Å²) in [7, 11) is 0. The van der Waals surface area contributed by atoms with E-state index in [2.05, 4.69) is 19.9 Å². The van der Waals surface area contributed by atoms with E-state index >= 15 is 0 Å². The quantitative estimate of drug-likeness (QED) is 0.0916. The zero-order valence-electron chi connectivity index (χ0n) is 25.5. The van der Waals surface area contributed by atoms with E-state index in [0.29, 0.717) is 18.6 Å². The molecule has 4 heteroatoms. The highest BCUT2D eigenvalue weighted by Gasteiger charge is 2.43. The minimum absolute atomic E-state index is 0.230. The largest absolute Gasteiger partial charge is 0.453 e. The molecule has 0 aromatic heterocycles. The van der Waals surface area contributed by atoms with E-state index < -0.39 is 6.10 Å². The lowest BCUT2D eigenvalue weighted by atomic mass is 9.70. The average Bonchev–Trinajstić information content (AvgIpc) is 2.92. The summed E-state index contributed by atoms with van der Waals surface area (Å²) in [6, 6.07) is 0. The maximum absolute atomic E-state index is 12.5. The first-order valence-corrected chi connectivity index (χ1v) is 16.3. The molecule has 0 bridgehead atoms. The standard InChI is InChI=1S/C34H60O4/c1-5-9-11-13-15-17-18-20-22-24-28-34(27-23-21-19-16-14-12-10-6-2)29-25-26-30(37-31(35)7-3)33(34)38-32(36)8-4/h25-26,29,33H,5-24,27-28H2,1-4H3. The van der Waals surface area contributed by atoms with Crippen molar-refractivity contribution in [3.8, 4) is 0 Å². The number of carbonyl (C=O) groups excluding carboxylic acids is 2. The van der Waals surface area contributed by atoms with Gasteiger partial charge >= 0.3 is 11.9 Å². The lowest BCUT2D eigenvalue weighted by Crippen LogP contribution is -2.41. The van der Waals surface area contributed by atoms with Crippen LogP contribution in [-0.4, -0.2) is 18.0 Å². The Labute approximate surface area is 235 Å². The third-order valence-corrected chi connectivity index (χ3v) is 8.02. The second-order valence-corrected chi connectivity index (χ2v) is 11.4. The first-order valence-electron chi connectivity index (χ1n) is 16.3. The lowest BCUT2D eigenvalue weighted by molar-refractivity contribution is -0.159. The second-order valence-electron chi connectivity index (χ2n) is 11.4. The number of carbonyl (C=O) groups is 2. The Morgan fingerprint density at radius 2 is 1.05 bits per heavy atom. The summed E-state index contributed by atoms with van der Waals surface area (Å²) in [6.45, 7) is 8.15. The molecule has 1 rings (SSSR count). The van der Waals surface area contributed by atoms with Crippen molar-refractivity contribution in [2.75, 3.05) is 0 Å². The van der Waals surface area contributed by atoms with Crippen LogP contribution < -0.4 is 0 Å². The van der Waals surface area contributed by atoms with Gasteiger partial charge < -0.3 is 9.47 Å². The maximum Gasteiger partial charge on any atom is 0.310 e. The van der Waals surface area contributed by atoms with Crippen molar-refractivity contribution in [1.82, 2.24) is 0 Å². The fraction of sp³-hybridized carbons (Fsp3) is 0.824. The Hall–Kier alpha value is -1.58. The van der Waals surface area contributed by atoms with Crippen LogP contribution in [0.4, 0.5) is 0 Å². The minimum atomic E-state index is -0.515. The van der Waals surface area contributed by atoms with E-state index in [1.165, 1.54) is 103 Å². The van der Waals surface area contributed by atoms with Crippen molar-refractivity contribution < 1.29 is 19.1 Å². The van der Waals surface area contributed by atoms with Crippen molar-refractivity contribution in [2.24, 2.45) is 5.41 Å². The summed E-state index contributed by atoms with van der Waals surface area (Å²) in [5, 5.41) is 0. The lowest BCUT2D eigenvalue weighted by Gasteiger charge is -2.40. The van der Waals surface area contributed by atoms with Crippen LogP contribution in [0.3, 0.4) is 0 Å². The third kappa shape index (κ3) is 14.5. The molecule has 0 saturated heterocycles. The fourth-order valence-corrected chi connectivity index (χ4v) is 5.56. The van der Waals surface area contributed by atoms with E-state index in [-0.39, 0.29) is 17.4 Å². The number of rotatable bonds is 24. The minimum Gasteiger partial charge on any atom is -0.453 e. The average molecular weight is 533 g/mol. The van der Waals surface area contributed by atoms with Gasteiger partial charge in [-0.15, -0.1) is 0 Å². The van der Waals surface area contributed by atoms with Crippen LogP contribution in [0, 0.1) is 5.41 Å². The molecule has 0 aromatic carbocycles. The van der Waals surface area contributed by atoms with Gasteiger partial charge in [0, 0.05) is 18.3 Å². The molecule has 4 nitrogen and oxygen atoms in total. The summed E-state index contributed by atoms with van der Waals surface area (Å²) in [5.41, 5.74) is -0.300. The maximum atomic E-state index is 12.5. The van der Waals surface area contributed by atoms with Gasteiger partial charge in [0.15, 0.2) is 6.10 Å². The molecular formula is C34H60O4. The highest BCUT2D eigenvalue weighted by molar-refractivity contribution is 5.71. The van der Waals surface area contributed by atoms with E-state index in [1.54, 1.807) is 6.92 Å². The van der Waals surface area contributed by atoms with Gasteiger partial charge in [0.2, 0.25) is 0 Å². The first-order chi connectivity index (χ1) is 18.5. The van der Waals surface area contributed by atoms with Crippen LogP contribution in [0.2, 0.25) is 0 Å². The van der Waals surface area contributed by atoms with Crippen LogP contribution >= 0.6 is 0 Å². The summed E-state index contributed by atoms with van der Waals surface area (Å²) in [6.07, 6.45) is 31.2. The van der Waals surface area contributed by atoms with E-state index in [0.717, 1.165) is 25.7 Å². The Morgan fingerprint density at radius 1 is 0.632 bits per heavy atom. The summed E-state index contributed by atoms with van der Waals surface area (Å²) in [4.78, 5) is 24.7. The normalized spacial score (nSPS) is 18.8. The van der Waals surface area contributed by atoms with Gasteiger partial charge in [-0.2, -0.15) is 0 Å². The predicted octanol–water partition coefficient (Wildman–Crippen LogP) is 10.5.